The van der Waals surface area contributed by atoms with Crippen LogP contribution in [0.5, 0.6) is 11.5 Å². The fourth-order valence-electron chi connectivity index (χ4n) is 2.44. The molecule has 0 atom stereocenters. The Bertz CT molecular complexity index is 858. The van der Waals surface area contributed by atoms with E-state index in [1.165, 1.54) is 12.1 Å². The van der Waals surface area contributed by atoms with Gasteiger partial charge in [-0.1, -0.05) is 49.2 Å². The van der Waals surface area contributed by atoms with Crippen LogP contribution in [0.15, 0.2) is 35.2 Å². The minimum atomic E-state index is -4.73. The number of phenolic OH excluding ortho intramolecular Hbond substituents is 2. The SMILES string of the molecule is CC(C)(c1ccc(O)cc1)c1c(Cl)cc(O)c(Cl)c1S(=O)(=O)O. The summed E-state index contributed by atoms with van der Waals surface area (Å²) < 4.78 is 33.1. The van der Waals surface area contributed by atoms with Gasteiger partial charge in [0.05, 0.1) is 0 Å². The number of rotatable bonds is 3. The van der Waals surface area contributed by atoms with Crippen molar-refractivity contribution in [3.05, 3.63) is 51.5 Å². The molecule has 0 unspecified atom stereocenters. The average molecular weight is 377 g/mol. The molecule has 0 aliphatic rings. The Labute approximate surface area is 143 Å². The van der Waals surface area contributed by atoms with Crippen molar-refractivity contribution >= 4 is 33.3 Å². The Kier molecular flexibility index (Phi) is 4.56. The molecule has 0 aliphatic carbocycles. The molecule has 0 aromatic heterocycles. The minimum Gasteiger partial charge on any atom is -0.508 e. The van der Waals surface area contributed by atoms with E-state index in [0.717, 1.165) is 6.07 Å². The van der Waals surface area contributed by atoms with Gasteiger partial charge in [-0.2, -0.15) is 8.42 Å². The largest absolute Gasteiger partial charge is 0.508 e. The zero-order chi connectivity index (χ0) is 17.6. The molecule has 0 saturated carbocycles. The molecule has 3 N–H and O–H groups in total. The minimum absolute atomic E-state index is 0.0504. The van der Waals surface area contributed by atoms with Gasteiger partial charge in [0.2, 0.25) is 0 Å². The Morgan fingerprint density at radius 1 is 1.04 bits per heavy atom. The lowest BCUT2D eigenvalue weighted by molar-refractivity contribution is 0.461. The molecule has 2 rings (SSSR count). The summed E-state index contributed by atoms with van der Waals surface area (Å²) in [5, 5.41) is 18.6. The first-order valence-electron chi connectivity index (χ1n) is 6.44. The molecule has 124 valence electrons. The lowest BCUT2D eigenvalue weighted by Gasteiger charge is -2.29. The van der Waals surface area contributed by atoms with E-state index in [-0.39, 0.29) is 16.3 Å². The predicted octanol–water partition coefficient (Wildman–Crippen LogP) is 3.98. The Hall–Kier alpha value is -1.47. The van der Waals surface area contributed by atoms with Crippen LogP contribution < -0.4 is 0 Å². The first-order valence-corrected chi connectivity index (χ1v) is 8.64. The molecule has 0 aliphatic heterocycles. The van der Waals surface area contributed by atoms with Gasteiger partial charge in [-0.15, -0.1) is 0 Å². The molecular formula is C15H14Cl2O5S. The van der Waals surface area contributed by atoms with Crippen LogP contribution in [-0.2, 0) is 15.5 Å². The van der Waals surface area contributed by atoms with Crippen molar-refractivity contribution in [1.82, 2.24) is 0 Å². The molecule has 0 saturated heterocycles. The molecule has 0 heterocycles. The summed E-state index contributed by atoms with van der Waals surface area (Å²) in [5.41, 5.74) is -0.299. The fraction of sp³-hybridized carbons (Fsp3) is 0.200. The summed E-state index contributed by atoms with van der Waals surface area (Å²) in [6.45, 7) is 3.37. The summed E-state index contributed by atoms with van der Waals surface area (Å²) in [5.74, 6) is -0.496. The molecule has 2 aromatic carbocycles. The van der Waals surface area contributed by atoms with Gasteiger partial charge < -0.3 is 10.2 Å². The van der Waals surface area contributed by atoms with E-state index in [0.29, 0.717) is 5.56 Å². The van der Waals surface area contributed by atoms with Crippen molar-refractivity contribution in [1.29, 1.82) is 0 Å². The van der Waals surface area contributed by atoms with Crippen LogP contribution in [0.3, 0.4) is 0 Å². The lowest BCUT2D eigenvalue weighted by atomic mass is 9.78. The summed E-state index contributed by atoms with van der Waals surface area (Å²) in [6.07, 6.45) is 0. The zero-order valence-electron chi connectivity index (χ0n) is 12.2. The van der Waals surface area contributed by atoms with Crippen molar-refractivity contribution in [3.8, 4) is 11.5 Å². The maximum Gasteiger partial charge on any atom is 0.296 e. The van der Waals surface area contributed by atoms with Crippen molar-refractivity contribution in [2.24, 2.45) is 0 Å². The van der Waals surface area contributed by atoms with Gasteiger partial charge in [0.15, 0.2) is 0 Å². The van der Waals surface area contributed by atoms with Crippen molar-refractivity contribution in [2.75, 3.05) is 0 Å². The quantitative estimate of drug-likeness (QED) is 0.704. The number of halogens is 2. The molecule has 8 heteroatoms. The molecule has 0 fully saturated rings. The third-order valence-electron chi connectivity index (χ3n) is 3.63. The van der Waals surface area contributed by atoms with Crippen LogP contribution >= 0.6 is 23.2 Å². The molecule has 0 bridgehead atoms. The second-order valence-corrected chi connectivity index (χ2v) is 7.69. The van der Waals surface area contributed by atoms with E-state index >= 15 is 0 Å². The summed E-state index contributed by atoms with van der Waals surface area (Å²) >= 11 is 12.0. The highest BCUT2D eigenvalue weighted by Crippen LogP contribution is 2.46. The average Bonchev–Trinajstić information content (AvgIpc) is 2.41. The molecule has 5 nitrogen and oxygen atoms in total. The maximum absolute atomic E-state index is 11.8. The van der Waals surface area contributed by atoms with Crippen LogP contribution in [0, 0.1) is 0 Å². The Morgan fingerprint density at radius 2 is 1.57 bits per heavy atom. The number of hydrogen-bond donors (Lipinski definition) is 3. The molecule has 0 spiro atoms. The zero-order valence-corrected chi connectivity index (χ0v) is 14.5. The van der Waals surface area contributed by atoms with Crippen LogP contribution in [0.4, 0.5) is 0 Å². The number of hydrogen-bond acceptors (Lipinski definition) is 4. The molecule has 0 radical (unpaired) electrons. The van der Waals surface area contributed by atoms with E-state index in [9.17, 15) is 23.2 Å². The first kappa shape index (κ1) is 17.9. The summed E-state index contributed by atoms with van der Waals surface area (Å²) in [7, 11) is -4.73. The van der Waals surface area contributed by atoms with Gasteiger partial charge in [0.25, 0.3) is 10.1 Å². The van der Waals surface area contributed by atoms with E-state index in [1.54, 1.807) is 26.0 Å². The fourth-order valence-corrected chi connectivity index (χ4v) is 4.32. The van der Waals surface area contributed by atoms with Crippen LogP contribution in [0.2, 0.25) is 10.0 Å². The van der Waals surface area contributed by atoms with Gasteiger partial charge in [-0.05, 0) is 17.7 Å². The summed E-state index contributed by atoms with van der Waals surface area (Å²) in [6, 6.07) is 7.21. The van der Waals surface area contributed by atoms with Gasteiger partial charge in [0, 0.05) is 22.1 Å². The highest BCUT2D eigenvalue weighted by atomic mass is 35.5. The molecule has 2 aromatic rings. The number of phenols is 2. The number of benzene rings is 2. The normalized spacial score (nSPS) is 12.4. The Balaban J connectivity index is 2.86. The van der Waals surface area contributed by atoms with Crippen molar-refractivity contribution < 1.29 is 23.2 Å². The smallest absolute Gasteiger partial charge is 0.296 e. The molecule has 23 heavy (non-hydrogen) atoms. The van der Waals surface area contributed by atoms with Crippen molar-refractivity contribution in [3.63, 3.8) is 0 Å². The highest BCUT2D eigenvalue weighted by Gasteiger charge is 2.35. The lowest BCUT2D eigenvalue weighted by Crippen LogP contribution is -2.23. The Morgan fingerprint density at radius 3 is 2.04 bits per heavy atom. The molecule has 0 amide bonds. The second-order valence-electron chi connectivity index (χ2n) is 5.54. The standard InChI is InChI=1S/C15H14Cl2O5S/c1-15(2,8-3-5-9(18)6-4-8)12-10(16)7-11(19)13(17)14(12)23(20,21)22/h3-7,18-19H,1-2H3,(H,20,21,22). The second kappa shape index (κ2) is 5.87. The maximum atomic E-state index is 11.8. The van der Waals surface area contributed by atoms with E-state index in [2.05, 4.69) is 0 Å². The number of aromatic hydroxyl groups is 2. The summed E-state index contributed by atoms with van der Waals surface area (Å²) in [4.78, 5) is -0.637. The van der Waals surface area contributed by atoms with Crippen LogP contribution in [0.1, 0.15) is 25.0 Å². The van der Waals surface area contributed by atoms with Crippen molar-refractivity contribution in [2.45, 2.75) is 24.2 Å². The van der Waals surface area contributed by atoms with Gasteiger partial charge in [-0.3, -0.25) is 4.55 Å². The van der Waals surface area contributed by atoms with Gasteiger partial charge in [-0.25, -0.2) is 0 Å². The highest BCUT2D eigenvalue weighted by molar-refractivity contribution is 7.86. The third-order valence-corrected chi connectivity index (χ3v) is 5.34. The van der Waals surface area contributed by atoms with E-state index in [4.69, 9.17) is 23.2 Å². The first-order chi connectivity index (χ1) is 10.5. The van der Waals surface area contributed by atoms with E-state index in [1.807, 2.05) is 0 Å². The van der Waals surface area contributed by atoms with Crippen LogP contribution in [-0.4, -0.2) is 23.2 Å². The topological polar surface area (TPSA) is 94.8 Å². The van der Waals surface area contributed by atoms with Gasteiger partial charge >= 0.3 is 0 Å². The molecular weight excluding hydrogens is 363 g/mol. The van der Waals surface area contributed by atoms with Crippen LogP contribution in [0.25, 0.3) is 0 Å². The third kappa shape index (κ3) is 3.26. The van der Waals surface area contributed by atoms with Gasteiger partial charge in [0.1, 0.15) is 21.4 Å². The predicted molar refractivity (Wildman–Crippen MR) is 88.2 cm³/mol. The van der Waals surface area contributed by atoms with E-state index < -0.39 is 31.2 Å². The monoisotopic (exact) mass is 376 g/mol.